The van der Waals surface area contributed by atoms with Crippen molar-refractivity contribution in [3.63, 3.8) is 0 Å². The molecule has 2 aromatic rings. The van der Waals surface area contributed by atoms with Crippen molar-refractivity contribution in [1.29, 1.82) is 0 Å². The fourth-order valence-electron chi connectivity index (χ4n) is 3.28. The maximum atomic E-state index is 12.7. The molecule has 6 nitrogen and oxygen atoms in total. The van der Waals surface area contributed by atoms with E-state index in [1.165, 1.54) is 5.56 Å². The van der Waals surface area contributed by atoms with Gasteiger partial charge in [0.2, 0.25) is 12.7 Å². The number of carbonyl (C=O) groups is 1. The lowest BCUT2D eigenvalue weighted by atomic mass is 10.0. The minimum Gasteiger partial charge on any atom is -0.454 e. The summed E-state index contributed by atoms with van der Waals surface area (Å²) in [6.45, 7) is 0.787. The van der Waals surface area contributed by atoms with Crippen molar-refractivity contribution in [2.24, 2.45) is 0 Å². The van der Waals surface area contributed by atoms with E-state index in [0.717, 1.165) is 23.5 Å². The zero-order valence-electron chi connectivity index (χ0n) is 14.1. The third kappa shape index (κ3) is 3.31. The van der Waals surface area contributed by atoms with Gasteiger partial charge in [-0.25, -0.2) is 10.9 Å². The van der Waals surface area contributed by atoms with Crippen molar-refractivity contribution in [3.8, 4) is 11.5 Å². The smallest absolute Gasteiger partial charge is 0.241 e. The first-order valence-corrected chi connectivity index (χ1v) is 8.40. The summed E-state index contributed by atoms with van der Waals surface area (Å²) in [6, 6.07) is 15.9. The Kier molecular flexibility index (Phi) is 4.29. The molecule has 0 radical (unpaired) electrons. The first-order chi connectivity index (χ1) is 12.2. The van der Waals surface area contributed by atoms with E-state index in [1.54, 1.807) is 4.90 Å². The maximum Gasteiger partial charge on any atom is 0.241 e. The maximum absolute atomic E-state index is 12.7. The fraction of sp³-hybridized carbons (Fsp3) is 0.316. The number of hydrazine groups is 1. The van der Waals surface area contributed by atoms with Crippen LogP contribution in [0.25, 0.3) is 0 Å². The second kappa shape index (κ2) is 6.74. The highest BCUT2D eigenvalue weighted by atomic mass is 16.7. The van der Waals surface area contributed by atoms with Gasteiger partial charge in [-0.15, -0.1) is 0 Å². The van der Waals surface area contributed by atoms with Crippen LogP contribution < -0.4 is 20.3 Å². The highest BCUT2D eigenvalue weighted by Crippen LogP contribution is 2.33. The second-order valence-electron chi connectivity index (χ2n) is 6.42. The van der Waals surface area contributed by atoms with Gasteiger partial charge in [-0.2, -0.15) is 0 Å². The van der Waals surface area contributed by atoms with Gasteiger partial charge in [-0.05, 0) is 29.7 Å². The number of nitrogens with one attached hydrogen (secondary N) is 2. The van der Waals surface area contributed by atoms with E-state index in [2.05, 4.69) is 23.0 Å². The van der Waals surface area contributed by atoms with Crippen molar-refractivity contribution in [2.45, 2.75) is 25.0 Å². The molecule has 2 aliphatic heterocycles. The predicted octanol–water partition coefficient (Wildman–Crippen LogP) is 1.98. The van der Waals surface area contributed by atoms with Crippen LogP contribution in [0.1, 0.15) is 23.6 Å². The molecule has 0 bridgehead atoms. The molecule has 25 heavy (non-hydrogen) atoms. The van der Waals surface area contributed by atoms with Crippen molar-refractivity contribution in [3.05, 3.63) is 59.7 Å². The van der Waals surface area contributed by atoms with Gasteiger partial charge in [0.15, 0.2) is 11.5 Å². The fourth-order valence-corrected chi connectivity index (χ4v) is 3.28. The van der Waals surface area contributed by atoms with E-state index in [-0.39, 0.29) is 24.8 Å². The molecule has 2 heterocycles. The number of ether oxygens (including phenoxy) is 2. The quantitative estimate of drug-likeness (QED) is 0.892. The van der Waals surface area contributed by atoms with E-state index in [1.807, 2.05) is 43.4 Å². The molecule has 0 spiro atoms. The summed E-state index contributed by atoms with van der Waals surface area (Å²) in [6.07, 6.45) is 0.730. The van der Waals surface area contributed by atoms with Gasteiger partial charge in [0.05, 0.1) is 0 Å². The average molecular weight is 339 g/mol. The molecule has 1 fully saturated rings. The first kappa shape index (κ1) is 15.9. The molecule has 2 aliphatic rings. The van der Waals surface area contributed by atoms with Gasteiger partial charge in [0.25, 0.3) is 0 Å². The van der Waals surface area contributed by atoms with Crippen LogP contribution in [0.4, 0.5) is 0 Å². The third-order valence-corrected chi connectivity index (χ3v) is 4.64. The summed E-state index contributed by atoms with van der Waals surface area (Å²) in [5.41, 5.74) is 8.55. The average Bonchev–Trinajstić information content (AvgIpc) is 3.31. The Morgan fingerprint density at radius 1 is 1.12 bits per heavy atom. The molecule has 0 saturated carbocycles. The summed E-state index contributed by atoms with van der Waals surface area (Å²) in [5, 5.41) is 0. The number of amides is 1. The largest absolute Gasteiger partial charge is 0.454 e. The number of fused-ring (bicyclic) bond motifs is 1. The van der Waals surface area contributed by atoms with Gasteiger partial charge < -0.3 is 14.4 Å². The summed E-state index contributed by atoms with van der Waals surface area (Å²) >= 11 is 0. The van der Waals surface area contributed by atoms with Gasteiger partial charge in [-0.3, -0.25) is 4.79 Å². The molecule has 0 aliphatic carbocycles. The number of carbonyl (C=O) groups excluding carboxylic acids is 1. The SMILES string of the molecule is CN(Cc1ccc2c(c1)OCO2)C(=O)C1CC(c2ccccc2)NN1. The van der Waals surface area contributed by atoms with Crippen LogP contribution in [0.5, 0.6) is 11.5 Å². The highest BCUT2D eigenvalue weighted by Gasteiger charge is 2.31. The van der Waals surface area contributed by atoms with Crippen molar-refractivity contribution < 1.29 is 14.3 Å². The monoisotopic (exact) mass is 339 g/mol. The Hall–Kier alpha value is -2.57. The third-order valence-electron chi connectivity index (χ3n) is 4.64. The summed E-state index contributed by atoms with van der Waals surface area (Å²) in [4.78, 5) is 14.5. The van der Waals surface area contributed by atoms with E-state index in [9.17, 15) is 4.79 Å². The molecule has 2 unspecified atom stereocenters. The summed E-state index contributed by atoms with van der Waals surface area (Å²) in [5.74, 6) is 1.57. The minimum absolute atomic E-state index is 0.0728. The number of hydrogen-bond donors (Lipinski definition) is 2. The Morgan fingerprint density at radius 2 is 1.92 bits per heavy atom. The Labute approximate surface area is 146 Å². The lowest BCUT2D eigenvalue weighted by Gasteiger charge is -2.21. The molecular weight excluding hydrogens is 318 g/mol. The standard InChI is InChI=1S/C19H21N3O3/c1-22(11-13-7-8-17-18(9-13)25-12-24-17)19(23)16-10-15(20-21-16)14-5-3-2-4-6-14/h2-9,15-16,20-21H,10-12H2,1H3. The van der Waals surface area contributed by atoms with Crippen LogP contribution in [0, 0.1) is 0 Å². The van der Waals surface area contributed by atoms with E-state index in [0.29, 0.717) is 6.54 Å². The van der Waals surface area contributed by atoms with Crippen molar-refractivity contribution in [2.75, 3.05) is 13.8 Å². The normalized spacial score (nSPS) is 21.3. The van der Waals surface area contributed by atoms with Gasteiger partial charge in [-0.1, -0.05) is 36.4 Å². The van der Waals surface area contributed by atoms with Gasteiger partial charge >= 0.3 is 0 Å². The number of rotatable bonds is 4. The van der Waals surface area contributed by atoms with Crippen LogP contribution >= 0.6 is 0 Å². The number of hydrogen-bond acceptors (Lipinski definition) is 5. The Balaban J connectivity index is 1.38. The van der Waals surface area contributed by atoms with E-state index >= 15 is 0 Å². The van der Waals surface area contributed by atoms with Gasteiger partial charge in [0, 0.05) is 19.6 Å². The van der Waals surface area contributed by atoms with Crippen molar-refractivity contribution in [1.82, 2.24) is 15.8 Å². The molecule has 6 heteroatoms. The molecule has 1 amide bonds. The molecular formula is C19H21N3O3. The highest BCUT2D eigenvalue weighted by molar-refractivity contribution is 5.82. The summed E-state index contributed by atoms with van der Waals surface area (Å²) in [7, 11) is 1.82. The molecule has 2 aromatic carbocycles. The van der Waals surface area contributed by atoms with Crippen LogP contribution in [-0.4, -0.2) is 30.7 Å². The molecule has 1 saturated heterocycles. The summed E-state index contributed by atoms with van der Waals surface area (Å²) < 4.78 is 10.7. The van der Waals surface area contributed by atoms with Crippen molar-refractivity contribution >= 4 is 5.91 Å². The van der Waals surface area contributed by atoms with Crippen LogP contribution in [-0.2, 0) is 11.3 Å². The second-order valence-corrected chi connectivity index (χ2v) is 6.42. The molecule has 2 atom stereocenters. The van der Waals surface area contributed by atoms with E-state index < -0.39 is 0 Å². The molecule has 0 aromatic heterocycles. The topological polar surface area (TPSA) is 62.8 Å². The minimum atomic E-state index is -0.232. The van der Waals surface area contributed by atoms with Crippen LogP contribution in [0.3, 0.4) is 0 Å². The zero-order chi connectivity index (χ0) is 17.2. The number of likely N-dealkylation sites (N-methyl/N-ethyl adjacent to an activating group) is 1. The molecule has 2 N–H and O–H groups in total. The Bertz CT molecular complexity index is 766. The Morgan fingerprint density at radius 3 is 2.76 bits per heavy atom. The van der Waals surface area contributed by atoms with Gasteiger partial charge in [0.1, 0.15) is 6.04 Å². The zero-order valence-corrected chi connectivity index (χ0v) is 14.1. The molecule has 130 valence electrons. The molecule has 4 rings (SSSR count). The van der Waals surface area contributed by atoms with E-state index in [4.69, 9.17) is 9.47 Å². The number of benzene rings is 2. The predicted molar refractivity (Wildman–Crippen MR) is 92.9 cm³/mol. The van der Waals surface area contributed by atoms with Crippen LogP contribution in [0.2, 0.25) is 0 Å². The van der Waals surface area contributed by atoms with Crippen LogP contribution in [0.15, 0.2) is 48.5 Å². The lowest BCUT2D eigenvalue weighted by Crippen LogP contribution is -2.43. The first-order valence-electron chi connectivity index (χ1n) is 8.40. The lowest BCUT2D eigenvalue weighted by molar-refractivity contribution is -0.132. The number of nitrogens with zero attached hydrogens (tertiary/aromatic N) is 1.